The Balaban J connectivity index is 1.56. The number of imide groups is 1. The van der Waals surface area contributed by atoms with Crippen LogP contribution in [0.1, 0.15) is 57.4 Å². The third-order valence-electron chi connectivity index (χ3n) is 7.26. The summed E-state index contributed by atoms with van der Waals surface area (Å²) in [6.45, 7) is 9.06. The van der Waals surface area contributed by atoms with E-state index in [0.717, 1.165) is 16.0 Å². The van der Waals surface area contributed by atoms with E-state index in [9.17, 15) is 19.2 Å². The summed E-state index contributed by atoms with van der Waals surface area (Å²) < 4.78 is 16.2. The fourth-order valence-corrected chi connectivity index (χ4v) is 5.01. The maximum atomic E-state index is 13.4. The molecule has 2 heterocycles. The van der Waals surface area contributed by atoms with Crippen LogP contribution in [0.4, 0.5) is 15.4 Å². The van der Waals surface area contributed by atoms with Gasteiger partial charge in [0.25, 0.3) is 0 Å². The van der Waals surface area contributed by atoms with Crippen LogP contribution in [0, 0.1) is 5.92 Å². The van der Waals surface area contributed by atoms with Crippen LogP contribution in [0.25, 0.3) is 0 Å². The third kappa shape index (κ3) is 8.17. The second-order valence-corrected chi connectivity index (χ2v) is 11.7. The smallest absolute Gasteiger partial charge is 0.416 e. The molecule has 1 aliphatic heterocycles. The topological polar surface area (TPSA) is 127 Å². The number of nitrogens with zero attached hydrogens (tertiary/aromatic N) is 3. The zero-order chi connectivity index (χ0) is 32.7. The lowest BCUT2D eigenvalue weighted by Crippen LogP contribution is -2.69. The number of likely N-dealkylation sites (tertiary alicyclic amines) is 1. The van der Waals surface area contributed by atoms with Gasteiger partial charge in [0.2, 0.25) is 5.91 Å². The molecule has 1 aromatic heterocycles. The molecule has 0 saturated carbocycles. The number of hydrogen-bond donors (Lipinski definition) is 1. The number of pyridine rings is 1. The largest absolute Gasteiger partial charge is 0.497 e. The standard InChI is InChI=1S/C34H40N4O7/c1-7-44-31(40)29-27(30(39)38(29)32(41)36-22(2)25-11-9-8-10-12-25)19-24-17-18-35-28(20-24)37(33(42)45-34(3,4)5)21-23-13-15-26(43-6)16-14-23/h8-18,20,22,27,29H,7,19,21H2,1-6H3,(H,36,41)/t22-,27-,29+/m1/s1. The van der Waals surface area contributed by atoms with Crippen LogP contribution in [-0.2, 0) is 32.0 Å². The molecule has 3 atom stereocenters. The Morgan fingerprint density at radius 3 is 2.33 bits per heavy atom. The van der Waals surface area contributed by atoms with Crippen molar-refractivity contribution in [3.8, 4) is 5.75 Å². The number of esters is 1. The first-order chi connectivity index (χ1) is 21.4. The molecule has 238 valence electrons. The van der Waals surface area contributed by atoms with Gasteiger partial charge in [-0.1, -0.05) is 42.5 Å². The lowest BCUT2D eigenvalue weighted by molar-refractivity contribution is -0.169. The molecule has 0 unspecified atom stereocenters. The summed E-state index contributed by atoms with van der Waals surface area (Å²) in [5, 5.41) is 2.81. The van der Waals surface area contributed by atoms with Gasteiger partial charge < -0.3 is 19.5 Å². The summed E-state index contributed by atoms with van der Waals surface area (Å²) in [7, 11) is 1.58. The molecule has 1 saturated heterocycles. The summed E-state index contributed by atoms with van der Waals surface area (Å²) in [5.74, 6) is -1.00. The number of carbonyl (C=O) groups is 4. The van der Waals surface area contributed by atoms with E-state index in [-0.39, 0.29) is 25.6 Å². The van der Waals surface area contributed by atoms with E-state index in [0.29, 0.717) is 17.1 Å². The monoisotopic (exact) mass is 616 g/mol. The number of rotatable bonds is 10. The van der Waals surface area contributed by atoms with Gasteiger partial charge in [-0.15, -0.1) is 0 Å². The number of nitrogens with one attached hydrogen (secondary N) is 1. The van der Waals surface area contributed by atoms with Crippen LogP contribution in [0.15, 0.2) is 72.9 Å². The molecular formula is C34H40N4O7. The minimum atomic E-state index is -1.10. The minimum Gasteiger partial charge on any atom is -0.497 e. The number of anilines is 1. The first-order valence-corrected chi connectivity index (χ1v) is 14.8. The molecule has 4 amide bonds. The zero-order valence-electron chi connectivity index (χ0n) is 26.5. The first kappa shape index (κ1) is 33.0. The number of urea groups is 1. The highest BCUT2D eigenvalue weighted by Crippen LogP contribution is 2.33. The molecule has 1 N–H and O–H groups in total. The molecule has 11 nitrogen and oxygen atoms in total. The Morgan fingerprint density at radius 2 is 1.71 bits per heavy atom. The second-order valence-electron chi connectivity index (χ2n) is 11.7. The molecule has 0 spiro atoms. The average molecular weight is 617 g/mol. The van der Waals surface area contributed by atoms with Crippen molar-refractivity contribution in [2.45, 2.75) is 65.3 Å². The summed E-state index contributed by atoms with van der Waals surface area (Å²) in [4.78, 5) is 59.7. The Labute approximate surface area is 263 Å². The van der Waals surface area contributed by atoms with Gasteiger partial charge in [0.15, 0.2) is 6.04 Å². The number of β-lactam (4-membered cyclic amide) rings is 1. The van der Waals surface area contributed by atoms with Gasteiger partial charge >= 0.3 is 18.1 Å². The lowest BCUT2D eigenvalue weighted by Gasteiger charge is -2.44. The first-order valence-electron chi connectivity index (χ1n) is 14.8. The summed E-state index contributed by atoms with van der Waals surface area (Å²) in [5.41, 5.74) is 1.57. The Bertz CT molecular complexity index is 1500. The molecular weight excluding hydrogens is 576 g/mol. The van der Waals surface area contributed by atoms with Crippen molar-refractivity contribution in [3.63, 3.8) is 0 Å². The number of hydrogen-bond acceptors (Lipinski definition) is 8. The SMILES string of the molecule is CCOC(=O)[C@@H]1[C@@H](Cc2ccnc(N(Cc3ccc(OC)cc3)C(=O)OC(C)(C)C)c2)C(=O)N1C(=O)N[C@H](C)c1ccccc1. The van der Waals surface area contributed by atoms with Crippen LogP contribution < -0.4 is 15.0 Å². The van der Waals surface area contributed by atoms with E-state index in [4.69, 9.17) is 14.2 Å². The average Bonchev–Trinajstić information content (AvgIpc) is 3.01. The highest BCUT2D eigenvalue weighted by atomic mass is 16.6. The normalized spacial score (nSPS) is 16.7. The van der Waals surface area contributed by atoms with E-state index < -0.39 is 41.6 Å². The van der Waals surface area contributed by atoms with Gasteiger partial charge in [0.05, 0.1) is 32.2 Å². The number of aromatic nitrogens is 1. The maximum absolute atomic E-state index is 13.4. The van der Waals surface area contributed by atoms with Gasteiger partial charge in [0.1, 0.15) is 17.2 Å². The number of methoxy groups -OCH3 is 1. The molecule has 4 rings (SSSR count). The van der Waals surface area contributed by atoms with E-state index >= 15 is 0 Å². The predicted octanol–water partition coefficient (Wildman–Crippen LogP) is 5.44. The molecule has 11 heteroatoms. The van der Waals surface area contributed by atoms with Crippen LogP contribution in [0.3, 0.4) is 0 Å². The molecule has 2 aromatic carbocycles. The van der Waals surface area contributed by atoms with Gasteiger partial charge in [0, 0.05) is 6.20 Å². The fourth-order valence-electron chi connectivity index (χ4n) is 5.01. The van der Waals surface area contributed by atoms with Crippen LogP contribution >= 0.6 is 0 Å². The molecule has 0 bridgehead atoms. The highest BCUT2D eigenvalue weighted by molar-refractivity contribution is 6.08. The molecule has 1 aliphatic rings. The minimum absolute atomic E-state index is 0.0989. The third-order valence-corrected chi connectivity index (χ3v) is 7.26. The number of benzene rings is 2. The summed E-state index contributed by atoms with van der Waals surface area (Å²) >= 11 is 0. The van der Waals surface area contributed by atoms with Crippen molar-refractivity contribution >= 4 is 29.8 Å². The molecule has 45 heavy (non-hydrogen) atoms. The number of amides is 4. The Kier molecular flexibility index (Phi) is 10.4. The predicted molar refractivity (Wildman–Crippen MR) is 167 cm³/mol. The van der Waals surface area contributed by atoms with Crippen LogP contribution in [-0.4, -0.2) is 59.2 Å². The van der Waals surface area contributed by atoms with E-state index in [1.807, 2.05) is 42.5 Å². The van der Waals surface area contributed by atoms with Crippen molar-refractivity contribution < 1.29 is 33.4 Å². The Morgan fingerprint density at radius 1 is 1.02 bits per heavy atom. The zero-order valence-corrected chi connectivity index (χ0v) is 26.5. The van der Waals surface area contributed by atoms with Crippen molar-refractivity contribution in [1.29, 1.82) is 0 Å². The summed E-state index contributed by atoms with van der Waals surface area (Å²) in [6, 6.07) is 17.8. The summed E-state index contributed by atoms with van der Waals surface area (Å²) in [6.07, 6.45) is 1.06. The van der Waals surface area contributed by atoms with Gasteiger partial charge in [-0.2, -0.15) is 0 Å². The van der Waals surface area contributed by atoms with Gasteiger partial charge in [-0.25, -0.2) is 24.3 Å². The molecule has 1 fully saturated rings. The fraction of sp³-hybridized carbons (Fsp3) is 0.382. The van der Waals surface area contributed by atoms with E-state index in [1.54, 1.807) is 66.0 Å². The van der Waals surface area contributed by atoms with Crippen LogP contribution in [0.2, 0.25) is 0 Å². The number of ether oxygens (including phenoxy) is 3. The number of carbonyl (C=O) groups excluding carboxylic acids is 4. The van der Waals surface area contributed by atoms with E-state index in [1.165, 1.54) is 11.1 Å². The van der Waals surface area contributed by atoms with Crippen molar-refractivity contribution in [2.75, 3.05) is 18.6 Å². The second kappa shape index (κ2) is 14.2. The molecule has 0 radical (unpaired) electrons. The van der Waals surface area contributed by atoms with Gasteiger partial charge in [-0.3, -0.25) is 9.69 Å². The van der Waals surface area contributed by atoms with Crippen molar-refractivity contribution in [1.82, 2.24) is 15.2 Å². The van der Waals surface area contributed by atoms with Gasteiger partial charge in [-0.05, 0) is 82.0 Å². The molecule has 0 aliphatic carbocycles. The highest BCUT2D eigenvalue weighted by Gasteiger charge is 2.55. The molecule has 3 aromatic rings. The Hall–Kier alpha value is -4.93. The van der Waals surface area contributed by atoms with Crippen molar-refractivity contribution in [2.24, 2.45) is 5.92 Å². The quantitative estimate of drug-likeness (QED) is 0.236. The van der Waals surface area contributed by atoms with E-state index in [2.05, 4.69) is 10.3 Å². The van der Waals surface area contributed by atoms with Crippen molar-refractivity contribution in [3.05, 3.63) is 89.6 Å². The van der Waals surface area contributed by atoms with Crippen LogP contribution in [0.5, 0.6) is 5.75 Å². The maximum Gasteiger partial charge on any atom is 0.416 e. The lowest BCUT2D eigenvalue weighted by atomic mass is 9.82.